The zero-order valence-electron chi connectivity index (χ0n) is 25.4. The number of rotatable bonds is 7. The van der Waals surface area contributed by atoms with E-state index in [0.717, 1.165) is 43.7 Å². The molecular formula is C30H41FN6O6Pt. The number of likely N-dealkylation sites (N-methyl/N-ethyl adjacent to an activating group) is 1. The van der Waals surface area contributed by atoms with Gasteiger partial charge in [0, 0.05) is 47.8 Å². The number of anilines is 1. The van der Waals surface area contributed by atoms with Crippen molar-refractivity contribution in [2.75, 3.05) is 31.5 Å². The maximum Gasteiger partial charge on any atom is 2.00 e. The van der Waals surface area contributed by atoms with Crippen molar-refractivity contribution >= 4 is 41.1 Å². The number of aliphatic carboxylic acids is 2. The van der Waals surface area contributed by atoms with Crippen molar-refractivity contribution in [1.29, 1.82) is 0 Å². The summed E-state index contributed by atoms with van der Waals surface area (Å²) in [6.45, 7) is 11.1. The van der Waals surface area contributed by atoms with Crippen LogP contribution in [0.5, 0.6) is 0 Å². The summed E-state index contributed by atoms with van der Waals surface area (Å²) in [5.74, 6) is -5.21. The van der Waals surface area contributed by atoms with Gasteiger partial charge in [0.05, 0.1) is 23.1 Å². The Morgan fingerprint density at radius 2 is 1.64 bits per heavy atom. The Kier molecular flexibility index (Phi) is 16.2. The number of hydrogen-bond acceptors (Lipinski definition) is 9. The van der Waals surface area contributed by atoms with Crippen molar-refractivity contribution in [2.45, 2.75) is 65.5 Å². The van der Waals surface area contributed by atoms with Crippen molar-refractivity contribution < 1.29 is 54.8 Å². The molecule has 0 spiro atoms. The van der Waals surface area contributed by atoms with Crippen LogP contribution in [0.2, 0.25) is 0 Å². The minimum Gasteiger partial charge on any atom is -0.543 e. The van der Waals surface area contributed by atoms with Crippen molar-refractivity contribution in [3.05, 3.63) is 52.1 Å². The zero-order chi connectivity index (χ0) is 32.3. The quantitative estimate of drug-likeness (QED) is 0.189. The average molecular weight is 796 g/mol. The fourth-order valence-electron chi connectivity index (χ4n) is 4.85. The third kappa shape index (κ3) is 11.0. The van der Waals surface area contributed by atoms with E-state index in [1.165, 1.54) is 25.0 Å². The number of amides is 2. The minimum absolute atomic E-state index is 0. The summed E-state index contributed by atoms with van der Waals surface area (Å²) in [6.07, 6.45) is 6.47. The first-order valence-corrected chi connectivity index (χ1v) is 14.3. The number of nitrogens with one attached hydrogen (secondary N) is 3. The van der Waals surface area contributed by atoms with Gasteiger partial charge in [-0.3, -0.25) is 9.59 Å². The van der Waals surface area contributed by atoms with Gasteiger partial charge in [-0.25, -0.2) is 4.39 Å². The summed E-state index contributed by atoms with van der Waals surface area (Å²) in [6, 6.07) is 4.76. The molecule has 0 bridgehead atoms. The van der Waals surface area contributed by atoms with Crippen LogP contribution in [-0.4, -0.2) is 71.9 Å². The smallest absolute Gasteiger partial charge is 0.543 e. The molecule has 14 heteroatoms. The van der Waals surface area contributed by atoms with Gasteiger partial charge in [0.25, 0.3) is 11.8 Å². The van der Waals surface area contributed by atoms with Gasteiger partial charge in [0.2, 0.25) is 0 Å². The molecule has 1 aliphatic heterocycles. The molecule has 12 nitrogen and oxygen atoms in total. The summed E-state index contributed by atoms with van der Waals surface area (Å²) in [7, 11) is 0. The van der Waals surface area contributed by atoms with Gasteiger partial charge in [-0.2, -0.15) is 0 Å². The Morgan fingerprint density at radius 1 is 1.07 bits per heavy atom. The fraction of sp³-hybridized carbons (Fsp3) is 0.467. The molecule has 244 valence electrons. The Labute approximate surface area is 271 Å². The molecule has 0 radical (unpaired) electrons. The predicted octanol–water partition coefficient (Wildman–Crippen LogP) is 0.0336. The van der Waals surface area contributed by atoms with Crippen molar-refractivity contribution in [1.82, 2.24) is 15.2 Å². The summed E-state index contributed by atoms with van der Waals surface area (Å²) in [5.41, 5.74) is 15.5. The van der Waals surface area contributed by atoms with Crippen LogP contribution in [0.25, 0.3) is 11.6 Å². The van der Waals surface area contributed by atoms with Crippen molar-refractivity contribution in [3.63, 3.8) is 0 Å². The van der Waals surface area contributed by atoms with Crippen LogP contribution < -0.4 is 32.3 Å². The summed E-state index contributed by atoms with van der Waals surface area (Å²) < 4.78 is 13.7. The first-order valence-electron chi connectivity index (χ1n) is 14.3. The molecule has 4 rings (SSSR count). The number of carbonyl (C=O) groups excluding carboxylic acids is 4. The summed E-state index contributed by atoms with van der Waals surface area (Å²) >= 11 is 0. The van der Waals surface area contributed by atoms with Gasteiger partial charge in [-0.15, -0.1) is 0 Å². The summed E-state index contributed by atoms with van der Waals surface area (Å²) in [5, 5.41) is 23.6. The van der Waals surface area contributed by atoms with Crippen LogP contribution in [0.1, 0.15) is 72.4 Å². The molecular weight excluding hydrogens is 754 g/mol. The third-order valence-corrected chi connectivity index (χ3v) is 7.41. The molecule has 1 saturated carbocycles. The van der Waals surface area contributed by atoms with Crippen molar-refractivity contribution in [3.8, 4) is 0 Å². The predicted molar refractivity (Wildman–Crippen MR) is 158 cm³/mol. The van der Waals surface area contributed by atoms with Gasteiger partial charge in [0.15, 0.2) is 0 Å². The Hall–Kier alpha value is -3.38. The van der Waals surface area contributed by atoms with E-state index in [1.807, 2.05) is 13.8 Å². The minimum atomic E-state index is -2.19. The number of hydrogen-bond donors (Lipinski definition) is 5. The van der Waals surface area contributed by atoms with Crippen LogP contribution >= 0.6 is 0 Å². The van der Waals surface area contributed by atoms with E-state index in [0.29, 0.717) is 34.6 Å². The van der Waals surface area contributed by atoms with Crippen LogP contribution in [-0.2, 0) is 35.4 Å². The number of nitrogens with two attached hydrogens (primary N) is 2. The third-order valence-electron chi connectivity index (χ3n) is 7.41. The number of H-pyrrole nitrogens is 1. The normalized spacial score (nSPS) is 17.7. The number of halogens is 1. The number of aryl methyl sites for hydroxylation is 1. The van der Waals surface area contributed by atoms with E-state index >= 15 is 0 Å². The second-order valence-corrected chi connectivity index (χ2v) is 10.3. The molecule has 7 N–H and O–H groups in total. The molecule has 2 aliphatic rings. The largest absolute Gasteiger partial charge is 2.00 e. The Morgan fingerprint density at radius 3 is 2.14 bits per heavy atom. The van der Waals surface area contributed by atoms with Crippen LogP contribution in [0.3, 0.4) is 0 Å². The van der Waals surface area contributed by atoms with Crippen LogP contribution in [0, 0.1) is 19.7 Å². The number of benzene rings is 1. The van der Waals surface area contributed by atoms with Gasteiger partial charge in [-0.1, -0.05) is 26.7 Å². The second-order valence-electron chi connectivity index (χ2n) is 10.3. The molecule has 1 aliphatic carbocycles. The molecule has 1 aromatic heterocycles. The number of aromatic nitrogens is 1. The molecule has 44 heavy (non-hydrogen) atoms. The number of fused-ring (bicyclic) bond motifs is 1. The van der Waals surface area contributed by atoms with Gasteiger partial charge in [0.1, 0.15) is 5.82 Å². The second kappa shape index (κ2) is 18.4. The fourth-order valence-corrected chi connectivity index (χ4v) is 4.85. The van der Waals surface area contributed by atoms with E-state index in [2.05, 4.69) is 34.4 Å². The standard InChI is InChI=1S/C22H27FN4O2.C6H14N2.C2H2O4.Pt/c1-5-27(6-2)10-9-24-22(29)20-13(3)19(25-14(20)4)12-17-16-11-15(23)7-8-18(16)26-21(17)28;7-5-3-1-2-4-6(5)8;3-1(4)2(5)6;/h7-8,11-12,25H,5-6,9-10H2,1-4H3,(H,24,29)(H,26,28);5-6H,1-4,7-8H2;(H,3,4)(H,5,6);/q;;;+2/p-2/b17-12-;;;/t;5-,6-;;/m.1../s1. The zero-order valence-corrected chi connectivity index (χ0v) is 27.6. The van der Waals surface area contributed by atoms with E-state index < -0.39 is 17.8 Å². The molecule has 2 atom stereocenters. The monoisotopic (exact) mass is 795 g/mol. The molecule has 1 aromatic carbocycles. The molecule has 1 fully saturated rings. The number of carboxylic acid groups (broad SMARTS) is 2. The van der Waals surface area contributed by atoms with E-state index in [9.17, 15) is 14.0 Å². The summed E-state index contributed by atoms with van der Waals surface area (Å²) in [4.78, 5) is 48.3. The number of aromatic amines is 1. The van der Waals surface area contributed by atoms with Crippen molar-refractivity contribution in [2.24, 2.45) is 11.5 Å². The molecule has 2 aromatic rings. The average Bonchev–Trinajstić information content (AvgIpc) is 3.42. The Balaban J connectivity index is 0.000000533. The SMILES string of the molecule is CCN(CC)CCNC(=O)c1c(C)[nH]c(/C=C2\C(=O)Nc3ccc(F)cc32)c1C.N[C@@H]1CCCC[C@H]1N.O=C([O-])C(=O)[O-].[Pt+2]. The maximum atomic E-state index is 13.7. The topological polar surface area (TPSA) is 210 Å². The molecule has 2 heterocycles. The van der Waals surface area contributed by atoms with E-state index in [1.54, 1.807) is 12.1 Å². The van der Waals surface area contributed by atoms with Gasteiger partial charge >= 0.3 is 21.1 Å². The Bertz CT molecular complexity index is 1320. The van der Waals surface area contributed by atoms with Crippen LogP contribution in [0.15, 0.2) is 18.2 Å². The van der Waals surface area contributed by atoms with Gasteiger partial charge in [-0.05, 0) is 69.6 Å². The first-order chi connectivity index (χ1) is 20.3. The maximum absolute atomic E-state index is 13.7. The number of nitrogens with zero attached hydrogens (tertiary/aromatic N) is 1. The molecule has 0 unspecified atom stereocenters. The number of carbonyl (C=O) groups is 4. The van der Waals surface area contributed by atoms with E-state index in [4.69, 9.17) is 31.3 Å². The molecule has 2 amide bonds. The van der Waals surface area contributed by atoms with Crippen LogP contribution in [0.4, 0.5) is 10.1 Å². The van der Waals surface area contributed by atoms with Gasteiger partial charge < -0.3 is 51.8 Å². The molecule has 0 saturated heterocycles. The number of carboxylic acids is 2. The van der Waals surface area contributed by atoms with E-state index in [-0.39, 0.29) is 45.0 Å². The first kappa shape index (κ1) is 38.6.